The van der Waals surface area contributed by atoms with Gasteiger partial charge in [0.15, 0.2) is 0 Å². The van der Waals surface area contributed by atoms with Gasteiger partial charge in [0.1, 0.15) is 6.04 Å². The van der Waals surface area contributed by atoms with Crippen molar-refractivity contribution in [1.82, 2.24) is 14.7 Å². The molecule has 1 atom stereocenters. The number of nitrogens with two attached hydrogens (primary N) is 1. The van der Waals surface area contributed by atoms with E-state index in [2.05, 4.69) is 16.8 Å². The molecule has 0 saturated carbocycles. The lowest BCUT2D eigenvalue weighted by Gasteiger charge is -2.36. The van der Waals surface area contributed by atoms with E-state index < -0.39 is 11.9 Å². The standard InChI is InChI=1S/C18H26N4O2/c1-20-7-4-8-21(10-9-20)13-17(23)22-12-15-6-3-2-5-14(15)11-16(22)18(19)24/h2-3,5-6,16H,4,7-13H2,1H3,(H2,19,24)/t16-/m1/s1. The molecule has 0 aliphatic carbocycles. The summed E-state index contributed by atoms with van der Waals surface area (Å²) in [7, 11) is 2.11. The lowest BCUT2D eigenvalue weighted by atomic mass is 9.93. The van der Waals surface area contributed by atoms with Crippen molar-refractivity contribution in [2.45, 2.75) is 25.4 Å². The zero-order chi connectivity index (χ0) is 17.1. The molecule has 6 nitrogen and oxygen atoms in total. The van der Waals surface area contributed by atoms with Crippen LogP contribution in [0.1, 0.15) is 17.5 Å². The third-order valence-corrected chi connectivity index (χ3v) is 5.07. The molecule has 2 aliphatic rings. The molecule has 2 N–H and O–H groups in total. The SMILES string of the molecule is CN1CCCN(CC(=O)N2Cc3ccccc3C[C@@H]2C(N)=O)CC1. The molecule has 0 aromatic heterocycles. The summed E-state index contributed by atoms with van der Waals surface area (Å²) >= 11 is 0. The number of hydrogen-bond donors (Lipinski definition) is 1. The van der Waals surface area contributed by atoms with Gasteiger partial charge in [-0.2, -0.15) is 0 Å². The lowest BCUT2D eigenvalue weighted by Crippen LogP contribution is -2.53. The number of primary amides is 1. The first-order valence-corrected chi connectivity index (χ1v) is 8.61. The fraction of sp³-hybridized carbons (Fsp3) is 0.556. The van der Waals surface area contributed by atoms with Gasteiger partial charge in [0.2, 0.25) is 11.8 Å². The number of benzene rings is 1. The van der Waals surface area contributed by atoms with Crippen LogP contribution in [0.15, 0.2) is 24.3 Å². The normalized spacial score (nSPS) is 22.7. The number of likely N-dealkylation sites (N-methyl/N-ethyl adjacent to an activating group) is 1. The molecule has 2 amide bonds. The Kier molecular flexibility index (Phi) is 5.16. The maximum absolute atomic E-state index is 12.8. The third-order valence-electron chi connectivity index (χ3n) is 5.07. The number of fused-ring (bicyclic) bond motifs is 1. The Balaban J connectivity index is 1.71. The van der Waals surface area contributed by atoms with Crippen LogP contribution in [0.25, 0.3) is 0 Å². The van der Waals surface area contributed by atoms with Gasteiger partial charge in [-0.15, -0.1) is 0 Å². The molecule has 0 bridgehead atoms. The third kappa shape index (κ3) is 3.76. The van der Waals surface area contributed by atoms with Crippen molar-refractivity contribution in [2.24, 2.45) is 5.73 Å². The van der Waals surface area contributed by atoms with Crippen molar-refractivity contribution in [1.29, 1.82) is 0 Å². The zero-order valence-corrected chi connectivity index (χ0v) is 14.3. The van der Waals surface area contributed by atoms with Crippen LogP contribution in [-0.4, -0.2) is 72.3 Å². The van der Waals surface area contributed by atoms with E-state index in [4.69, 9.17) is 5.73 Å². The maximum atomic E-state index is 12.8. The molecule has 24 heavy (non-hydrogen) atoms. The molecule has 0 radical (unpaired) electrons. The average molecular weight is 330 g/mol. The quantitative estimate of drug-likeness (QED) is 0.851. The van der Waals surface area contributed by atoms with Gasteiger partial charge in [0.25, 0.3) is 0 Å². The summed E-state index contributed by atoms with van der Waals surface area (Å²) in [5, 5.41) is 0. The van der Waals surface area contributed by atoms with E-state index in [9.17, 15) is 9.59 Å². The highest BCUT2D eigenvalue weighted by molar-refractivity contribution is 5.88. The first-order valence-electron chi connectivity index (χ1n) is 8.61. The van der Waals surface area contributed by atoms with Crippen LogP contribution in [0.3, 0.4) is 0 Å². The summed E-state index contributed by atoms with van der Waals surface area (Å²) in [4.78, 5) is 30.9. The van der Waals surface area contributed by atoms with Crippen LogP contribution < -0.4 is 5.73 Å². The van der Waals surface area contributed by atoms with Gasteiger partial charge >= 0.3 is 0 Å². The van der Waals surface area contributed by atoms with E-state index >= 15 is 0 Å². The summed E-state index contributed by atoms with van der Waals surface area (Å²) in [6, 6.07) is 7.42. The van der Waals surface area contributed by atoms with E-state index in [1.165, 1.54) is 0 Å². The Hall–Kier alpha value is -1.92. The van der Waals surface area contributed by atoms with E-state index in [-0.39, 0.29) is 5.91 Å². The number of hydrogen-bond acceptors (Lipinski definition) is 4. The van der Waals surface area contributed by atoms with Crippen molar-refractivity contribution in [3.63, 3.8) is 0 Å². The smallest absolute Gasteiger partial charge is 0.240 e. The molecule has 2 heterocycles. The molecule has 130 valence electrons. The minimum Gasteiger partial charge on any atom is -0.368 e. The minimum absolute atomic E-state index is 0.00199. The van der Waals surface area contributed by atoms with Gasteiger partial charge in [-0.25, -0.2) is 0 Å². The molecule has 6 heteroatoms. The van der Waals surface area contributed by atoms with Crippen molar-refractivity contribution in [3.05, 3.63) is 35.4 Å². The Labute approximate surface area is 143 Å². The highest BCUT2D eigenvalue weighted by Gasteiger charge is 2.33. The lowest BCUT2D eigenvalue weighted by molar-refractivity contribution is -0.141. The monoisotopic (exact) mass is 330 g/mol. The van der Waals surface area contributed by atoms with Crippen molar-refractivity contribution in [2.75, 3.05) is 39.8 Å². The minimum atomic E-state index is -0.540. The topological polar surface area (TPSA) is 69.9 Å². The van der Waals surface area contributed by atoms with Crippen LogP contribution >= 0.6 is 0 Å². The Bertz CT molecular complexity index is 619. The summed E-state index contributed by atoms with van der Waals surface area (Å²) in [6.07, 6.45) is 1.58. The average Bonchev–Trinajstić information content (AvgIpc) is 2.78. The summed E-state index contributed by atoms with van der Waals surface area (Å²) in [5.74, 6) is -0.425. The van der Waals surface area contributed by atoms with Crippen molar-refractivity contribution in [3.8, 4) is 0 Å². The summed E-state index contributed by atoms with van der Waals surface area (Å²) in [5.41, 5.74) is 7.80. The van der Waals surface area contributed by atoms with Gasteiger partial charge in [0.05, 0.1) is 6.54 Å². The second-order valence-electron chi connectivity index (χ2n) is 6.85. The first kappa shape index (κ1) is 16.9. The van der Waals surface area contributed by atoms with Gasteiger partial charge in [0, 0.05) is 26.1 Å². The van der Waals surface area contributed by atoms with Crippen molar-refractivity contribution >= 4 is 11.8 Å². The Morgan fingerprint density at radius 1 is 1.12 bits per heavy atom. The molecular weight excluding hydrogens is 304 g/mol. The van der Waals surface area contributed by atoms with Crippen LogP contribution in [0, 0.1) is 0 Å². The van der Waals surface area contributed by atoms with Crippen LogP contribution in [0.2, 0.25) is 0 Å². The molecule has 1 fully saturated rings. The Morgan fingerprint density at radius 2 is 1.88 bits per heavy atom. The Morgan fingerprint density at radius 3 is 2.62 bits per heavy atom. The van der Waals surface area contributed by atoms with E-state index in [0.29, 0.717) is 19.5 Å². The molecular formula is C18H26N4O2. The zero-order valence-electron chi connectivity index (χ0n) is 14.3. The predicted molar refractivity (Wildman–Crippen MR) is 92.2 cm³/mol. The fourth-order valence-corrected chi connectivity index (χ4v) is 3.58. The van der Waals surface area contributed by atoms with Crippen LogP contribution in [-0.2, 0) is 22.6 Å². The largest absolute Gasteiger partial charge is 0.368 e. The number of nitrogens with zero attached hydrogens (tertiary/aromatic N) is 3. The number of carbonyl (C=O) groups excluding carboxylic acids is 2. The van der Waals surface area contributed by atoms with Crippen LogP contribution in [0.5, 0.6) is 0 Å². The molecule has 0 unspecified atom stereocenters. The molecule has 2 aliphatic heterocycles. The number of rotatable bonds is 3. The maximum Gasteiger partial charge on any atom is 0.240 e. The molecule has 1 saturated heterocycles. The second kappa shape index (κ2) is 7.32. The van der Waals surface area contributed by atoms with E-state index in [1.54, 1.807) is 4.90 Å². The van der Waals surface area contributed by atoms with Crippen molar-refractivity contribution < 1.29 is 9.59 Å². The van der Waals surface area contributed by atoms with E-state index in [1.807, 2.05) is 24.3 Å². The second-order valence-corrected chi connectivity index (χ2v) is 6.85. The molecule has 3 rings (SSSR count). The molecule has 1 aromatic rings. The first-order chi connectivity index (χ1) is 11.5. The fourth-order valence-electron chi connectivity index (χ4n) is 3.58. The van der Waals surface area contributed by atoms with Gasteiger partial charge in [-0.05, 0) is 37.7 Å². The van der Waals surface area contributed by atoms with Gasteiger partial charge in [-0.3, -0.25) is 14.5 Å². The van der Waals surface area contributed by atoms with Gasteiger partial charge < -0.3 is 15.5 Å². The van der Waals surface area contributed by atoms with Crippen LogP contribution in [0.4, 0.5) is 0 Å². The highest BCUT2D eigenvalue weighted by atomic mass is 16.2. The highest BCUT2D eigenvalue weighted by Crippen LogP contribution is 2.23. The van der Waals surface area contributed by atoms with E-state index in [0.717, 1.165) is 43.7 Å². The summed E-state index contributed by atoms with van der Waals surface area (Å²) in [6.45, 7) is 4.66. The summed E-state index contributed by atoms with van der Waals surface area (Å²) < 4.78 is 0. The van der Waals surface area contributed by atoms with Gasteiger partial charge in [-0.1, -0.05) is 24.3 Å². The molecule has 0 spiro atoms. The number of carbonyl (C=O) groups is 2. The molecule has 1 aromatic carbocycles. The number of amides is 2. The predicted octanol–water partition coefficient (Wildman–Crippen LogP) is 0.0627.